The molecule has 1 aliphatic heterocycles. The van der Waals surface area contributed by atoms with Crippen LogP contribution in [0.3, 0.4) is 0 Å². The van der Waals surface area contributed by atoms with Crippen LogP contribution in [0, 0.1) is 5.82 Å². The van der Waals surface area contributed by atoms with Crippen molar-refractivity contribution < 1.29 is 18.7 Å². The molecule has 1 aromatic carbocycles. The first-order chi connectivity index (χ1) is 19.8. The van der Waals surface area contributed by atoms with E-state index < -0.39 is 11.9 Å². The summed E-state index contributed by atoms with van der Waals surface area (Å²) in [5, 5.41) is 9.33. The second-order valence-corrected chi connectivity index (χ2v) is 9.86. The number of aromatic amines is 1. The summed E-state index contributed by atoms with van der Waals surface area (Å²) >= 11 is 0. The number of hydrogen-bond acceptors (Lipinski definition) is 9. The molecule has 2 amide bonds. The number of aromatic nitrogens is 4. The van der Waals surface area contributed by atoms with Gasteiger partial charge < -0.3 is 30.6 Å². The molecular weight excluding hydrogens is 529 g/mol. The lowest BCUT2D eigenvalue weighted by molar-refractivity contribution is -0.124. The molecule has 0 spiro atoms. The van der Waals surface area contributed by atoms with E-state index in [0.717, 1.165) is 32.4 Å². The van der Waals surface area contributed by atoms with E-state index in [9.17, 15) is 14.0 Å². The fourth-order valence-electron chi connectivity index (χ4n) is 4.78. The van der Waals surface area contributed by atoms with Gasteiger partial charge >= 0.3 is 0 Å². The summed E-state index contributed by atoms with van der Waals surface area (Å²) < 4.78 is 20.4. The molecule has 0 aliphatic carbocycles. The smallest absolute Gasteiger partial charge is 0.244 e. The molecule has 3 aromatic heterocycles. The molecule has 0 radical (unpaired) electrons. The Morgan fingerprint density at radius 2 is 1.90 bits per heavy atom. The predicted molar refractivity (Wildman–Crippen MR) is 154 cm³/mol. The van der Waals surface area contributed by atoms with E-state index >= 15 is 0 Å². The topological polar surface area (TPSA) is 140 Å². The number of hydrogen-bond donors (Lipinski definition) is 4. The highest BCUT2D eigenvalue weighted by molar-refractivity contribution is 6.06. The Morgan fingerprint density at radius 1 is 1.10 bits per heavy atom. The molecule has 1 atom stereocenters. The number of piperazine rings is 1. The van der Waals surface area contributed by atoms with Gasteiger partial charge in [0.25, 0.3) is 0 Å². The SMILES string of the molecule is COC[C@H](C(=O)Nc1cccc2c(-c3nc(Nc4ccc(NC(C)=O)nc4)ncc3F)c[nH]c12)N1CCN(C)CC1. The zero-order chi connectivity index (χ0) is 28.9. The summed E-state index contributed by atoms with van der Waals surface area (Å²) in [6.07, 6.45) is 4.27. The van der Waals surface area contributed by atoms with E-state index in [1.807, 2.05) is 6.07 Å². The highest BCUT2D eigenvalue weighted by Gasteiger charge is 2.29. The van der Waals surface area contributed by atoms with Crippen molar-refractivity contribution in [2.75, 3.05) is 62.9 Å². The number of likely N-dealkylation sites (N-methyl/N-ethyl adjacent to an activating group) is 1. The molecule has 1 aliphatic rings. The number of rotatable bonds is 9. The number of halogens is 1. The maximum atomic E-state index is 15.0. The number of fused-ring (bicyclic) bond motifs is 1. The maximum Gasteiger partial charge on any atom is 0.244 e. The summed E-state index contributed by atoms with van der Waals surface area (Å²) in [5.41, 5.74) is 2.40. The first kappa shape index (κ1) is 28.1. The van der Waals surface area contributed by atoms with Crippen LogP contribution in [0.15, 0.2) is 48.9 Å². The van der Waals surface area contributed by atoms with E-state index in [1.54, 1.807) is 37.6 Å². The Hall–Kier alpha value is -4.46. The Labute approximate surface area is 236 Å². The number of anilines is 4. The van der Waals surface area contributed by atoms with Gasteiger partial charge in [-0.3, -0.25) is 14.5 Å². The van der Waals surface area contributed by atoms with Crippen LogP contribution in [0.2, 0.25) is 0 Å². The zero-order valence-corrected chi connectivity index (χ0v) is 23.1. The molecule has 13 heteroatoms. The summed E-state index contributed by atoms with van der Waals surface area (Å²) in [5.74, 6) is -0.416. The van der Waals surface area contributed by atoms with Crippen molar-refractivity contribution in [2.24, 2.45) is 0 Å². The van der Waals surface area contributed by atoms with E-state index in [2.05, 4.69) is 52.7 Å². The molecule has 4 N–H and O–H groups in total. The number of benzene rings is 1. The Bertz CT molecular complexity index is 1530. The summed E-state index contributed by atoms with van der Waals surface area (Å²) in [4.78, 5) is 44.8. The fourth-order valence-corrected chi connectivity index (χ4v) is 4.78. The molecule has 5 rings (SSSR count). The maximum absolute atomic E-state index is 15.0. The van der Waals surface area contributed by atoms with Crippen LogP contribution in [0.4, 0.5) is 27.5 Å². The predicted octanol–water partition coefficient (Wildman–Crippen LogP) is 3.06. The number of para-hydroxylation sites is 1. The average molecular weight is 562 g/mol. The van der Waals surface area contributed by atoms with Gasteiger partial charge in [-0.25, -0.2) is 19.3 Å². The highest BCUT2D eigenvalue weighted by Crippen LogP contribution is 2.33. The number of carbonyl (C=O) groups is 2. The first-order valence-electron chi connectivity index (χ1n) is 13.2. The van der Waals surface area contributed by atoms with Crippen molar-refractivity contribution in [3.05, 3.63) is 54.7 Å². The quantitative estimate of drug-likeness (QED) is 0.243. The van der Waals surface area contributed by atoms with E-state index in [1.165, 1.54) is 13.1 Å². The minimum Gasteiger partial charge on any atom is -0.383 e. The van der Waals surface area contributed by atoms with Crippen molar-refractivity contribution in [3.8, 4) is 11.3 Å². The molecular formula is C28H32FN9O3. The third kappa shape index (κ3) is 6.48. The summed E-state index contributed by atoms with van der Waals surface area (Å²) in [7, 11) is 3.65. The number of H-pyrrole nitrogens is 1. The number of ether oxygens (including phenoxy) is 1. The van der Waals surface area contributed by atoms with Crippen molar-refractivity contribution in [1.82, 2.24) is 29.7 Å². The molecule has 0 bridgehead atoms. The second kappa shape index (κ2) is 12.4. The minimum absolute atomic E-state index is 0.0924. The summed E-state index contributed by atoms with van der Waals surface area (Å²) in [6.45, 7) is 4.97. The van der Waals surface area contributed by atoms with Gasteiger partial charge in [0.05, 0.1) is 35.9 Å². The van der Waals surface area contributed by atoms with Crippen molar-refractivity contribution in [2.45, 2.75) is 13.0 Å². The lowest BCUT2D eigenvalue weighted by atomic mass is 10.1. The Kier molecular flexibility index (Phi) is 8.47. The standard InChI is InChI=1S/C28H32FN9O3/c1-17(39)33-24-8-7-18(13-30-24)34-28-32-15-21(29)25(36-28)20-14-31-26-19(20)5-4-6-22(26)35-27(40)23(16-41-3)38-11-9-37(2)10-12-38/h4-8,13-15,23,31H,9-12,16H2,1-3H3,(H,35,40)(H,30,33,39)(H,32,34,36)/t23-/m1/s1. The molecule has 1 saturated heterocycles. The minimum atomic E-state index is -0.597. The molecule has 214 valence electrons. The van der Waals surface area contributed by atoms with Crippen LogP contribution in [0.5, 0.6) is 0 Å². The number of methoxy groups -OCH3 is 1. The van der Waals surface area contributed by atoms with E-state index in [4.69, 9.17) is 4.74 Å². The third-order valence-corrected chi connectivity index (χ3v) is 6.90. The van der Waals surface area contributed by atoms with Gasteiger partial charge in [-0.15, -0.1) is 0 Å². The Morgan fingerprint density at radius 3 is 2.61 bits per heavy atom. The third-order valence-electron chi connectivity index (χ3n) is 6.90. The Balaban J connectivity index is 1.37. The number of nitrogens with zero attached hydrogens (tertiary/aromatic N) is 5. The van der Waals surface area contributed by atoms with Crippen LogP contribution in [-0.2, 0) is 14.3 Å². The van der Waals surface area contributed by atoms with Crippen molar-refractivity contribution >= 4 is 45.9 Å². The zero-order valence-electron chi connectivity index (χ0n) is 23.1. The number of amides is 2. The molecule has 4 aromatic rings. The average Bonchev–Trinajstić information content (AvgIpc) is 3.39. The largest absolute Gasteiger partial charge is 0.383 e. The lowest BCUT2D eigenvalue weighted by Crippen LogP contribution is -2.54. The number of carbonyl (C=O) groups excluding carboxylic acids is 2. The van der Waals surface area contributed by atoms with Crippen LogP contribution in [0.25, 0.3) is 22.2 Å². The van der Waals surface area contributed by atoms with Gasteiger partial charge in [0.1, 0.15) is 17.6 Å². The molecule has 0 saturated carbocycles. The van der Waals surface area contributed by atoms with Gasteiger partial charge in [-0.1, -0.05) is 12.1 Å². The molecule has 0 unspecified atom stereocenters. The van der Waals surface area contributed by atoms with Crippen molar-refractivity contribution in [1.29, 1.82) is 0 Å². The molecule has 12 nitrogen and oxygen atoms in total. The first-order valence-corrected chi connectivity index (χ1v) is 13.2. The normalized spacial score (nSPS) is 15.0. The molecule has 4 heterocycles. The monoisotopic (exact) mass is 561 g/mol. The lowest BCUT2D eigenvalue weighted by Gasteiger charge is -2.36. The van der Waals surface area contributed by atoms with Crippen LogP contribution in [0.1, 0.15) is 6.92 Å². The van der Waals surface area contributed by atoms with Crippen LogP contribution in [-0.4, -0.2) is 94.5 Å². The molecule has 1 fully saturated rings. The molecule has 41 heavy (non-hydrogen) atoms. The van der Waals surface area contributed by atoms with Crippen LogP contribution >= 0.6 is 0 Å². The van der Waals surface area contributed by atoms with Crippen LogP contribution < -0.4 is 16.0 Å². The van der Waals surface area contributed by atoms with Crippen molar-refractivity contribution in [3.63, 3.8) is 0 Å². The second-order valence-electron chi connectivity index (χ2n) is 9.86. The number of nitrogens with one attached hydrogen (secondary N) is 4. The van der Waals surface area contributed by atoms with Gasteiger partial charge in [-0.2, -0.15) is 0 Å². The highest BCUT2D eigenvalue weighted by atomic mass is 19.1. The van der Waals surface area contributed by atoms with Gasteiger partial charge in [-0.05, 0) is 25.2 Å². The van der Waals surface area contributed by atoms with Gasteiger partial charge in [0.2, 0.25) is 17.8 Å². The van der Waals surface area contributed by atoms with E-state index in [-0.39, 0.29) is 30.1 Å². The fraction of sp³-hybridized carbons (Fsp3) is 0.321. The van der Waals surface area contributed by atoms with E-state index in [0.29, 0.717) is 33.7 Å². The summed E-state index contributed by atoms with van der Waals surface area (Å²) in [6, 6.07) is 8.33. The van der Waals surface area contributed by atoms with Gasteiger partial charge in [0, 0.05) is 57.4 Å². The number of pyridine rings is 1. The van der Waals surface area contributed by atoms with Gasteiger partial charge in [0.15, 0.2) is 5.82 Å².